The predicted octanol–water partition coefficient (Wildman–Crippen LogP) is 3.31. The lowest BCUT2D eigenvalue weighted by Crippen LogP contribution is -1.98. The first kappa shape index (κ1) is 12.7. The van der Waals surface area contributed by atoms with E-state index in [9.17, 15) is 0 Å². The van der Waals surface area contributed by atoms with Gasteiger partial charge in [0.05, 0.1) is 6.54 Å². The number of hydrogen-bond donors (Lipinski definition) is 1. The summed E-state index contributed by atoms with van der Waals surface area (Å²) in [7, 11) is 0. The zero-order valence-corrected chi connectivity index (χ0v) is 11.0. The molecule has 1 heterocycles. The Morgan fingerprint density at radius 2 is 2.39 bits per heavy atom. The van der Waals surface area contributed by atoms with E-state index in [2.05, 4.69) is 10.3 Å². The molecule has 0 aliphatic rings. The van der Waals surface area contributed by atoms with Gasteiger partial charge in [0.25, 0.3) is 0 Å². The lowest BCUT2D eigenvalue weighted by atomic mass is 10.3. The Labute approximate surface area is 114 Å². The van der Waals surface area contributed by atoms with Gasteiger partial charge < -0.3 is 10.1 Å². The van der Waals surface area contributed by atoms with Gasteiger partial charge in [-0.05, 0) is 12.1 Å². The highest BCUT2D eigenvalue weighted by molar-refractivity contribution is 7.15. The van der Waals surface area contributed by atoms with Crippen molar-refractivity contribution in [1.29, 1.82) is 5.26 Å². The molecule has 18 heavy (non-hydrogen) atoms. The van der Waals surface area contributed by atoms with Crippen molar-refractivity contribution in [3.05, 3.63) is 39.8 Å². The van der Waals surface area contributed by atoms with Gasteiger partial charge in [-0.15, -0.1) is 11.3 Å². The molecule has 0 aliphatic carbocycles. The van der Waals surface area contributed by atoms with Crippen molar-refractivity contribution in [3.63, 3.8) is 0 Å². The molecule has 0 amide bonds. The highest BCUT2D eigenvalue weighted by Crippen LogP contribution is 2.21. The number of nitriles is 1. The van der Waals surface area contributed by atoms with Crippen LogP contribution in [-0.2, 0) is 6.54 Å². The van der Waals surface area contributed by atoms with Crippen LogP contribution in [0, 0.1) is 11.3 Å². The minimum atomic E-state index is 0.0495. The third-order valence-electron chi connectivity index (χ3n) is 2.13. The molecule has 0 bridgehead atoms. The fraction of sp³-hybridized carbons (Fsp3) is 0.167. The highest BCUT2D eigenvalue weighted by Gasteiger charge is 2.00. The van der Waals surface area contributed by atoms with Gasteiger partial charge in [-0.1, -0.05) is 17.7 Å². The number of hydrogen-bond acceptors (Lipinski definition) is 5. The van der Waals surface area contributed by atoms with E-state index in [4.69, 9.17) is 21.6 Å². The van der Waals surface area contributed by atoms with Crippen LogP contribution in [0.1, 0.15) is 4.88 Å². The summed E-state index contributed by atoms with van der Waals surface area (Å²) in [5, 5.41) is 11.7. The van der Waals surface area contributed by atoms with Crippen LogP contribution in [0.4, 0.5) is 5.69 Å². The summed E-state index contributed by atoms with van der Waals surface area (Å²) in [6, 6.07) is 9.39. The molecule has 0 unspecified atom stereocenters. The molecule has 1 N–H and O–H groups in total. The number of benzene rings is 1. The molecule has 2 rings (SSSR count). The molecule has 0 saturated carbocycles. The van der Waals surface area contributed by atoms with Crippen LogP contribution in [0.15, 0.2) is 30.5 Å². The Morgan fingerprint density at radius 1 is 1.50 bits per heavy atom. The SMILES string of the molecule is N#CCOc1cccc(NCc2cnc(Cl)s2)c1. The van der Waals surface area contributed by atoms with Gasteiger partial charge in [-0.2, -0.15) is 5.26 Å². The van der Waals surface area contributed by atoms with E-state index in [1.807, 2.05) is 30.3 Å². The van der Waals surface area contributed by atoms with Crippen LogP contribution in [0.3, 0.4) is 0 Å². The molecular formula is C12H10ClN3OS. The first-order valence-corrected chi connectivity index (χ1v) is 6.41. The number of nitrogens with one attached hydrogen (secondary N) is 1. The average molecular weight is 280 g/mol. The minimum Gasteiger partial charge on any atom is -0.479 e. The summed E-state index contributed by atoms with van der Waals surface area (Å²) in [5.74, 6) is 0.670. The second-order valence-electron chi connectivity index (χ2n) is 3.41. The Balaban J connectivity index is 1.95. The molecule has 92 valence electrons. The number of thiazole rings is 1. The molecule has 1 aromatic carbocycles. The number of anilines is 1. The summed E-state index contributed by atoms with van der Waals surface area (Å²) >= 11 is 7.20. The van der Waals surface area contributed by atoms with Gasteiger partial charge in [0.1, 0.15) is 11.8 Å². The fourth-order valence-corrected chi connectivity index (χ4v) is 2.28. The summed E-state index contributed by atoms with van der Waals surface area (Å²) in [5.41, 5.74) is 0.926. The maximum Gasteiger partial charge on any atom is 0.183 e. The Bertz CT molecular complexity index is 564. The quantitative estimate of drug-likeness (QED) is 0.912. The maximum atomic E-state index is 8.44. The average Bonchev–Trinajstić information content (AvgIpc) is 2.80. The normalized spacial score (nSPS) is 9.78. The first-order chi connectivity index (χ1) is 8.78. The molecule has 0 atom stereocenters. The monoisotopic (exact) mass is 279 g/mol. The van der Waals surface area contributed by atoms with Crippen molar-refractivity contribution in [1.82, 2.24) is 4.98 Å². The van der Waals surface area contributed by atoms with Gasteiger partial charge in [0.2, 0.25) is 0 Å². The molecule has 0 saturated heterocycles. The van der Waals surface area contributed by atoms with Crippen molar-refractivity contribution in [2.75, 3.05) is 11.9 Å². The molecule has 1 aromatic heterocycles. The van der Waals surface area contributed by atoms with Gasteiger partial charge in [0, 0.05) is 22.8 Å². The van der Waals surface area contributed by atoms with Gasteiger partial charge >= 0.3 is 0 Å². The summed E-state index contributed by atoms with van der Waals surface area (Å²) in [6.45, 7) is 0.708. The zero-order chi connectivity index (χ0) is 12.8. The number of nitrogens with zero attached hydrogens (tertiary/aromatic N) is 2. The summed E-state index contributed by atoms with van der Waals surface area (Å²) in [6.07, 6.45) is 1.75. The van der Waals surface area contributed by atoms with Crippen LogP contribution >= 0.6 is 22.9 Å². The lowest BCUT2D eigenvalue weighted by molar-refractivity contribution is 0.368. The minimum absolute atomic E-state index is 0.0495. The molecule has 6 heteroatoms. The topological polar surface area (TPSA) is 57.9 Å². The van der Waals surface area contributed by atoms with Crippen molar-refractivity contribution < 1.29 is 4.74 Å². The fourth-order valence-electron chi connectivity index (χ4n) is 1.37. The van der Waals surface area contributed by atoms with E-state index in [1.54, 1.807) is 6.20 Å². The third-order valence-corrected chi connectivity index (χ3v) is 3.24. The number of halogens is 1. The Kier molecular flexibility index (Phi) is 4.40. The number of rotatable bonds is 5. The second-order valence-corrected chi connectivity index (χ2v) is 5.11. The van der Waals surface area contributed by atoms with Crippen molar-refractivity contribution in [2.24, 2.45) is 0 Å². The standard InChI is InChI=1S/C12H10ClN3OS/c13-12-16-8-11(18-12)7-15-9-2-1-3-10(6-9)17-5-4-14/h1-3,6,8,15H,5,7H2. The largest absolute Gasteiger partial charge is 0.479 e. The number of ether oxygens (including phenoxy) is 1. The predicted molar refractivity (Wildman–Crippen MR) is 72.0 cm³/mol. The van der Waals surface area contributed by atoms with E-state index < -0.39 is 0 Å². The third kappa shape index (κ3) is 3.62. The highest BCUT2D eigenvalue weighted by atomic mass is 35.5. The lowest BCUT2D eigenvalue weighted by Gasteiger charge is -2.07. The molecule has 4 nitrogen and oxygen atoms in total. The Morgan fingerprint density at radius 3 is 3.11 bits per heavy atom. The van der Waals surface area contributed by atoms with Gasteiger partial charge in [-0.3, -0.25) is 0 Å². The van der Waals surface area contributed by atoms with E-state index in [1.165, 1.54) is 11.3 Å². The maximum absolute atomic E-state index is 8.44. The first-order valence-electron chi connectivity index (χ1n) is 5.22. The van der Waals surface area contributed by atoms with Crippen molar-refractivity contribution in [2.45, 2.75) is 6.54 Å². The molecule has 2 aromatic rings. The molecule has 0 fully saturated rings. The zero-order valence-electron chi connectivity index (χ0n) is 9.39. The van der Waals surface area contributed by atoms with Gasteiger partial charge in [0.15, 0.2) is 11.1 Å². The van der Waals surface area contributed by atoms with Crippen LogP contribution in [0.5, 0.6) is 5.75 Å². The van der Waals surface area contributed by atoms with Crippen LogP contribution < -0.4 is 10.1 Å². The Hall–Kier alpha value is -1.77. The van der Waals surface area contributed by atoms with E-state index >= 15 is 0 Å². The molecule has 0 spiro atoms. The number of aromatic nitrogens is 1. The molecular weight excluding hydrogens is 270 g/mol. The van der Waals surface area contributed by atoms with Crippen molar-refractivity contribution >= 4 is 28.6 Å². The van der Waals surface area contributed by atoms with E-state index in [0.29, 0.717) is 16.8 Å². The summed E-state index contributed by atoms with van der Waals surface area (Å²) < 4.78 is 5.76. The van der Waals surface area contributed by atoms with E-state index in [-0.39, 0.29) is 6.61 Å². The van der Waals surface area contributed by atoms with E-state index in [0.717, 1.165) is 10.6 Å². The molecule has 0 radical (unpaired) electrons. The second kappa shape index (κ2) is 6.24. The summed E-state index contributed by atoms with van der Waals surface area (Å²) in [4.78, 5) is 5.03. The van der Waals surface area contributed by atoms with Crippen LogP contribution in [0.2, 0.25) is 4.47 Å². The smallest absolute Gasteiger partial charge is 0.183 e. The van der Waals surface area contributed by atoms with Crippen LogP contribution in [0.25, 0.3) is 0 Å². The van der Waals surface area contributed by atoms with Gasteiger partial charge in [-0.25, -0.2) is 4.98 Å². The van der Waals surface area contributed by atoms with Crippen molar-refractivity contribution in [3.8, 4) is 11.8 Å². The van der Waals surface area contributed by atoms with Crippen LogP contribution in [-0.4, -0.2) is 11.6 Å². The molecule has 0 aliphatic heterocycles.